The van der Waals surface area contributed by atoms with Gasteiger partial charge in [-0.3, -0.25) is 9.48 Å². The first kappa shape index (κ1) is 15.3. The van der Waals surface area contributed by atoms with Gasteiger partial charge in [-0.15, -0.1) is 13.2 Å². The number of benzene rings is 1. The molecule has 0 saturated carbocycles. The number of ether oxygens (including phenoxy) is 1. The Morgan fingerprint density at radius 3 is 2.78 bits per heavy atom. The Morgan fingerprint density at radius 1 is 1.35 bits per heavy atom. The number of aromatic nitrogens is 3. The van der Waals surface area contributed by atoms with Crippen LogP contribution in [0.15, 0.2) is 36.9 Å². The number of likely N-dealkylation sites (tertiary alicyclic amines) is 1. The maximum absolute atomic E-state index is 12.2. The molecule has 122 valence electrons. The van der Waals surface area contributed by atoms with Gasteiger partial charge in [0.15, 0.2) is 0 Å². The molecular formula is C14H13F3N4O2. The van der Waals surface area contributed by atoms with Crippen molar-refractivity contribution in [1.82, 2.24) is 19.7 Å². The Morgan fingerprint density at radius 2 is 2.13 bits per heavy atom. The molecule has 1 aromatic heterocycles. The lowest BCUT2D eigenvalue weighted by molar-refractivity contribution is -0.274. The van der Waals surface area contributed by atoms with Crippen LogP contribution in [0.1, 0.15) is 10.4 Å². The smallest absolute Gasteiger partial charge is 0.406 e. The molecule has 3 rings (SSSR count). The van der Waals surface area contributed by atoms with Gasteiger partial charge < -0.3 is 9.64 Å². The van der Waals surface area contributed by atoms with Crippen molar-refractivity contribution in [2.75, 3.05) is 13.1 Å². The third-order valence-corrected chi connectivity index (χ3v) is 3.47. The first-order valence-electron chi connectivity index (χ1n) is 6.88. The van der Waals surface area contributed by atoms with E-state index in [1.54, 1.807) is 15.9 Å². The van der Waals surface area contributed by atoms with Crippen molar-refractivity contribution < 1.29 is 22.7 Å². The Kier molecular flexibility index (Phi) is 3.93. The van der Waals surface area contributed by atoms with Crippen LogP contribution in [-0.2, 0) is 6.54 Å². The van der Waals surface area contributed by atoms with Gasteiger partial charge in [-0.25, -0.2) is 4.98 Å². The third-order valence-electron chi connectivity index (χ3n) is 3.47. The number of halogens is 3. The summed E-state index contributed by atoms with van der Waals surface area (Å²) in [5.74, 6) is -0.453. The Bertz CT molecular complexity index is 682. The Hall–Kier alpha value is -2.58. The van der Waals surface area contributed by atoms with E-state index < -0.39 is 12.1 Å². The highest BCUT2D eigenvalue weighted by atomic mass is 19.4. The lowest BCUT2D eigenvalue weighted by atomic mass is 9.99. The van der Waals surface area contributed by atoms with Crippen molar-refractivity contribution in [3.8, 4) is 5.75 Å². The van der Waals surface area contributed by atoms with Gasteiger partial charge in [0.25, 0.3) is 5.91 Å². The molecule has 0 radical (unpaired) electrons. The fraction of sp³-hybridized carbons (Fsp3) is 0.357. The number of carbonyl (C=O) groups excluding carboxylic acids is 1. The second-order valence-corrected chi connectivity index (χ2v) is 5.27. The number of hydrogen-bond acceptors (Lipinski definition) is 4. The topological polar surface area (TPSA) is 60.2 Å². The summed E-state index contributed by atoms with van der Waals surface area (Å²) < 4.78 is 42.1. The summed E-state index contributed by atoms with van der Waals surface area (Å²) in [4.78, 5) is 17.7. The molecule has 1 aliphatic rings. The van der Waals surface area contributed by atoms with Crippen LogP contribution in [0.3, 0.4) is 0 Å². The predicted molar refractivity (Wildman–Crippen MR) is 72.5 cm³/mol. The fourth-order valence-corrected chi connectivity index (χ4v) is 2.45. The van der Waals surface area contributed by atoms with Crippen molar-refractivity contribution in [3.63, 3.8) is 0 Å². The summed E-state index contributed by atoms with van der Waals surface area (Å²) in [6.45, 7) is 1.72. The molecular weight excluding hydrogens is 313 g/mol. The van der Waals surface area contributed by atoms with Crippen LogP contribution in [0.25, 0.3) is 0 Å². The number of hydrogen-bond donors (Lipinski definition) is 0. The average molecular weight is 326 g/mol. The van der Waals surface area contributed by atoms with E-state index in [2.05, 4.69) is 14.8 Å². The first-order valence-corrected chi connectivity index (χ1v) is 6.88. The monoisotopic (exact) mass is 326 g/mol. The molecule has 2 heterocycles. The van der Waals surface area contributed by atoms with Crippen LogP contribution in [0.5, 0.6) is 5.75 Å². The summed E-state index contributed by atoms with van der Waals surface area (Å²) in [6.07, 6.45) is -1.74. The van der Waals surface area contributed by atoms with Crippen molar-refractivity contribution in [2.24, 2.45) is 5.92 Å². The highest BCUT2D eigenvalue weighted by Crippen LogP contribution is 2.25. The average Bonchev–Trinajstić information content (AvgIpc) is 2.93. The van der Waals surface area contributed by atoms with E-state index in [-0.39, 0.29) is 17.4 Å². The van der Waals surface area contributed by atoms with Crippen LogP contribution in [-0.4, -0.2) is 45.0 Å². The molecule has 6 nitrogen and oxygen atoms in total. The molecule has 0 aliphatic carbocycles. The summed E-state index contributed by atoms with van der Waals surface area (Å²) in [5.41, 5.74) is 0.172. The second-order valence-electron chi connectivity index (χ2n) is 5.27. The molecule has 1 aliphatic heterocycles. The maximum atomic E-state index is 12.2. The van der Waals surface area contributed by atoms with Gasteiger partial charge in [-0.2, -0.15) is 5.10 Å². The third kappa shape index (κ3) is 3.79. The molecule has 1 fully saturated rings. The molecule has 9 heteroatoms. The summed E-state index contributed by atoms with van der Waals surface area (Å²) >= 11 is 0. The minimum Gasteiger partial charge on any atom is -0.406 e. The maximum Gasteiger partial charge on any atom is 0.573 e. The van der Waals surface area contributed by atoms with E-state index in [1.807, 2.05) is 0 Å². The van der Waals surface area contributed by atoms with E-state index in [9.17, 15) is 18.0 Å². The van der Waals surface area contributed by atoms with E-state index in [0.29, 0.717) is 19.6 Å². The normalized spacial score (nSPS) is 15.3. The van der Waals surface area contributed by atoms with Crippen LogP contribution >= 0.6 is 0 Å². The largest absolute Gasteiger partial charge is 0.573 e. The van der Waals surface area contributed by atoms with E-state index in [0.717, 1.165) is 12.1 Å². The van der Waals surface area contributed by atoms with Crippen molar-refractivity contribution in [3.05, 3.63) is 42.5 Å². The summed E-state index contributed by atoms with van der Waals surface area (Å²) in [6, 6.07) is 5.09. The molecule has 0 N–H and O–H groups in total. The number of nitrogens with zero attached hydrogens (tertiary/aromatic N) is 4. The molecule has 23 heavy (non-hydrogen) atoms. The zero-order valence-electron chi connectivity index (χ0n) is 11.9. The molecule has 0 bridgehead atoms. The van der Waals surface area contributed by atoms with Gasteiger partial charge in [-0.1, -0.05) is 6.07 Å². The van der Waals surface area contributed by atoms with Gasteiger partial charge in [-0.05, 0) is 18.2 Å². The SMILES string of the molecule is O=C(c1cccc(OC(F)(F)F)c1)N1CC(Cn2cncn2)C1. The molecule has 0 spiro atoms. The number of carbonyl (C=O) groups is 1. The zero-order chi connectivity index (χ0) is 16.4. The van der Waals surface area contributed by atoms with Crippen molar-refractivity contribution >= 4 is 5.91 Å². The highest BCUT2D eigenvalue weighted by Gasteiger charge is 2.33. The summed E-state index contributed by atoms with van der Waals surface area (Å²) in [5, 5.41) is 3.99. The Labute approximate surface area is 129 Å². The molecule has 2 aromatic rings. The van der Waals surface area contributed by atoms with E-state index in [4.69, 9.17) is 0 Å². The molecule has 1 amide bonds. The number of rotatable bonds is 4. The van der Waals surface area contributed by atoms with Gasteiger partial charge in [0, 0.05) is 31.1 Å². The highest BCUT2D eigenvalue weighted by molar-refractivity contribution is 5.95. The quantitative estimate of drug-likeness (QED) is 0.862. The molecule has 1 saturated heterocycles. The standard InChI is InChI=1S/C14H13F3N4O2/c15-14(16,17)23-12-3-1-2-11(4-12)13(22)20-5-10(6-20)7-21-9-18-8-19-21/h1-4,8-10H,5-7H2. The zero-order valence-corrected chi connectivity index (χ0v) is 11.9. The van der Waals surface area contributed by atoms with Crippen LogP contribution in [0, 0.1) is 5.92 Å². The minimum atomic E-state index is -4.78. The predicted octanol–water partition coefficient (Wildman–Crippen LogP) is 1.95. The van der Waals surface area contributed by atoms with E-state index >= 15 is 0 Å². The number of alkyl halides is 3. The Balaban J connectivity index is 1.58. The minimum absolute atomic E-state index is 0.172. The summed E-state index contributed by atoms with van der Waals surface area (Å²) in [7, 11) is 0. The lowest BCUT2D eigenvalue weighted by Gasteiger charge is -2.39. The fourth-order valence-electron chi connectivity index (χ4n) is 2.45. The van der Waals surface area contributed by atoms with Crippen molar-refractivity contribution in [1.29, 1.82) is 0 Å². The number of amides is 1. The van der Waals surface area contributed by atoms with Crippen molar-refractivity contribution in [2.45, 2.75) is 12.9 Å². The lowest BCUT2D eigenvalue weighted by Crippen LogP contribution is -2.51. The van der Waals surface area contributed by atoms with Crippen LogP contribution in [0.4, 0.5) is 13.2 Å². The van der Waals surface area contributed by atoms with Crippen LogP contribution in [0.2, 0.25) is 0 Å². The first-order chi connectivity index (χ1) is 10.9. The molecule has 1 aromatic carbocycles. The van der Waals surface area contributed by atoms with Crippen LogP contribution < -0.4 is 4.74 Å². The van der Waals surface area contributed by atoms with E-state index in [1.165, 1.54) is 18.5 Å². The van der Waals surface area contributed by atoms with Gasteiger partial charge in [0.05, 0.1) is 0 Å². The molecule has 0 unspecified atom stereocenters. The van der Waals surface area contributed by atoms with Gasteiger partial charge >= 0.3 is 6.36 Å². The van der Waals surface area contributed by atoms with Gasteiger partial charge in [0.2, 0.25) is 0 Å². The second kappa shape index (κ2) is 5.90. The molecule has 0 atom stereocenters. The van der Waals surface area contributed by atoms with Gasteiger partial charge in [0.1, 0.15) is 18.4 Å².